The van der Waals surface area contributed by atoms with Gasteiger partial charge in [0, 0.05) is 6.04 Å². The second kappa shape index (κ2) is 5.63. The lowest BCUT2D eigenvalue weighted by Gasteiger charge is -2.18. The molecule has 1 aliphatic rings. The van der Waals surface area contributed by atoms with Crippen LogP contribution in [0, 0.1) is 5.92 Å². The molecular weight excluding hydrogens is 228 g/mol. The van der Waals surface area contributed by atoms with Gasteiger partial charge in [0.05, 0.1) is 17.4 Å². The minimum Gasteiger partial charge on any atom is -0.353 e. The van der Waals surface area contributed by atoms with E-state index in [9.17, 15) is 13.2 Å². The SMILES string of the molecule is CCC(CCN)NC(=O)C1CCS(=O)(=O)C1. The highest BCUT2D eigenvalue weighted by atomic mass is 32.2. The molecule has 0 aliphatic carbocycles. The van der Waals surface area contributed by atoms with Gasteiger partial charge in [-0.15, -0.1) is 0 Å². The Balaban J connectivity index is 2.46. The maximum atomic E-state index is 11.8. The van der Waals surface area contributed by atoms with Gasteiger partial charge in [-0.1, -0.05) is 6.92 Å². The van der Waals surface area contributed by atoms with Crippen molar-refractivity contribution in [3.8, 4) is 0 Å². The molecule has 0 aromatic carbocycles. The Morgan fingerprint density at radius 2 is 2.25 bits per heavy atom. The van der Waals surface area contributed by atoms with E-state index in [1.54, 1.807) is 0 Å². The molecule has 0 radical (unpaired) electrons. The molecule has 94 valence electrons. The van der Waals surface area contributed by atoms with Crippen LogP contribution in [-0.2, 0) is 14.6 Å². The van der Waals surface area contributed by atoms with Crippen molar-refractivity contribution in [2.45, 2.75) is 32.2 Å². The fourth-order valence-electron chi connectivity index (χ4n) is 1.90. The van der Waals surface area contributed by atoms with Gasteiger partial charge in [0.15, 0.2) is 9.84 Å². The molecule has 2 atom stereocenters. The number of rotatable bonds is 5. The number of carbonyl (C=O) groups is 1. The van der Waals surface area contributed by atoms with E-state index in [1.165, 1.54) is 0 Å². The van der Waals surface area contributed by atoms with E-state index in [4.69, 9.17) is 5.73 Å². The van der Waals surface area contributed by atoms with Crippen LogP contribution in [0.3, 0.4) is 0 Å². The van der Waals surface area contributed by atoms with E-state index in [2.05, 4.69) is 5.32 Å². The maximum Gasteiger partial charge on any atom is 0.224 e. The first kappa shape index (κ1) is 13.4. The molecule has 0 bridgehead atoms. The third-order valence-electron chi connectivity index (χ3n) is 2.96. The zero-order valence-electron chi connectivity index (χ0n) is 9.61. The second-order valence-electron chi connectivity index (χ2n) is 4.29. The summed E-state index contributed by atoms with van der Waals surface area (Å²) in [5.74, 6) is -0.366. The third kappa shape index (κ3) is 3.75. The molecule has 0 aromatic heterocycles. The molecule has 1 heterocycles. The number of nitrogens with two attached hydrogens (primary N) is 1. The lowest BCUT2D eigenvalue weighted by atomic mass is 10.1. The minimum atomic E-state index is -2.98. The molecule has 2 unspecified atom stereocenters. The average molecular weight is 248 g/mol. The van der Waals surface area contributed by atoms with Crippen LogP contribution in [0.5, 0.6) is 0 Å². The zero-order chi connectivity index (χ0) is 12.2. The lowest BCUT2D eigenvalue weighted by molar-refractivity contribution is -0.125. The fourth-order valence-corrected chi connectivity index (χ4v) is 3.64. The largest absolute Gasteiger partial charge is 0.353 e. The highest BCUT2D eigenvalue weighted by molar-refractivity contribution is 7.91. The van der Waals surface area contributed by atoms with Crippen molar-refractivity contribution in [3.05, 3.63) is 0 Å². The number of hydrogen-bond acceptors (Lipinski definition) is 4. The number of sulfone groups is 1. The molecule has 0 aromatic rings. The molecule has 1 rings (SSSR count). The van der Waals surface area contributed by atoms with Crippen LogP contribution in [0.4, 0.5) is 0 Å². The smallest absolute Gasteiger partial charge is 0.224 e. The molecule has 1 amide bonds. The molecule has 5 nitrogen and oxygen atoms in total. The third-order valence-corrected chi connectivity index (χ3v) is 4.73. The number of hydrogen-bond donors (Lipinski definition) is 2. The minimum absolute atomic E-state index is 0.00209. The Morgan fingerprint density at radius 3 is 2.69 bits per heavy atom. The molecule has 1 aliphatic heterocycles. The summed E-state index contributed by atoms with van der Waals surface area (Å²) in [6.07, 6.45) is 2.01. The Hall–Kier alpha value is -0.620. The van der Waals surface area contributed by atoms with Crippen molar-refractivity contribution in [2.24, 2.45) is 11.7 Å². The van der Waals surface area contributed by atoms with Crippen molar-refractivity contribution in [1.29, 1.82) is 0 Å². The van der Waals surface area contributed by atoms with Gasteiger partial charge in [-0.05, 0) is 25.8 Å². The Bertz CT molecular complexity index is 340. The molecule has 16 heavy (non-hydrogen) atoms. The van der Waals surface area contributed by atoms with E-state index in [-0.39, 0.29) is 29.4 Å². The van der Waals surface area contributed by atoms with Gasteiger partial charge in [-0.2, -0.15) is 0 Å². The highest BCUT2D eigenvalue weighted by Crippen LogP contribution is 2.18. The van der Waals surface area contributed by atoms with Crippen LogP contribution < -0.4 is 11.1 Å². The molecule has 6 heteroatoms. The zero-order valence-corrected chi connectivity index (χ0v) is 10.4. The van der Waals surface area contributed by atoms with Gasteiger partial charge in [0.2, 0.25) is 5.91 Å². The molecule has 1 saturated heterocycles. The predicted molar refractivity (Wildman–Crippen MR) is 62.7 cm³/mol. The highest BCUT2D eigenvalue weighted by Gasteiger charge is 2.33. The Morgan fingerprint density at radius 1 is 1.56 bits per heavy atom. The summed E-state index contributed by atoms with van der Waals surface area (Å²) >= 11 is 0. The van der Waals surface area contributed by atoms with Gasteiger partial charge in [-0.25, -0.2) is 8.42 Å². The number of nitrogens with one attached hydrogen (secondary N) is 1. The number of carbonyl (C=O) groups excluding carboxylic acids is 1. The van der Waals surface area contributed by atoms with Crippen LogP contribution in [0.1, 0.15) is 26.2 Å². The van der Waals surface area contributed by atoms with Crippen molar-refractivity contribution in [1.82, 2.24) is 5.32 Å². The first-order valence-corrected chi connectivity index (χ1v) is 7.51. The van der Waals surface area contributed by atoms with Gasteiger partial charge in [-0.3, -0.25) is 4.79 Å². The van der Waals surface area contributed by atoms with Crippen LogP contribution >= 0.6 is 0 Å². The van der Waals surface area contributed by atoms with Gasteiger partial charge in [0.1, 0.15) is 0 Å². The van der Waals surface area contributed by atoms with Crippen molar-refractivity contribution < 1.29 is 13.2 Å². The Labute approximate surface area is 96.7 Å². The molecular formula is C10H20N2O3S. The average Bonchev–Trinajstić information content (AvgIpc) is 2.58. The first-order chi connectivity index (χ1) is 7.48. The van der Waals surface area contributed by atoms with Crippen molar-refractivity contribution in [3.63, 3.8) is 0 Å². The van der Waals surface area contributed by atoms with E-state index in [0.717, 1.165) is 12.8 Å². The molecule has 1 fully saturated rings. The van der Waals surface area contributed by atoms with Crippen LogP contribution in [-0.4, -0.2) is 38.4 Å². The normalized spacial score (nSPS) is 25.2. The summed E-state index contributed by atoms with van der Waals surface area (Å²) in [6.45, 7) is 2.51. The lowest BCUT2D eigenvalue weighted by Crippen LogP contribution is -2.40. The van der Waals surface area contributed by atoms with Crippen LogP contribution in [0.25, 0.3) is 0 Å². The van der Waals surface area contributed by atoms with E-state index in [1.807, 2.05) is 6.92 Å². The Kier molecular flexibility index (Phi) is 4.73. The summed E-state index contributed by atoms with van der Waals surface area (Å²) < 4.78 is 22.5. The first-order valence-electron chi connectivity index (χ1n) is 5.69. The van der Waals surface area contributed by atoms with Crippen molar-refractivity contribution >= 4 is 15.7 Å². The summed E-state index contributed by atoms with van der Waals surface area (Å²) in [5, 5.41) is 2.86. The fraction of sp³-hybridized carbons (Fsp3) is 0.900. The van der Waals surface area contributed by atoms with Crippen LogP contribution in [0.2, 0.25) is 0 Å². The second-order valence-corrected chi connectivity index (χ2v) is 6.52. The summed E-state index contributed by atoms with van der Waals surface area (Å²) in [7, 11) is -2.98. The monoisotopic (exact) mass is 248 g/mol. The van der Waals surface area contributed by atoms with Crippen LogP contribution in [0.15, 0.2) is 0 Å². The van der Waals surface area contributed by atoms with E-state index in [0.29, 0.717) is 13.0 Å². The number of amides is 1. The van der Waals surface area contributed by atoms with E-state index < -0.39 is 9.84 Å². The summed E-state index contributed by atoms with van der Waals surface area (Å²) in [5.41, 5.74) is 5.43. The molecule has 3 N–H and O–H groups in total. The standard InChI is InChI=1S/C10H20N2O3S/c1-2-9(3-5-11)12-10(13)8-4-6-16(14,15)7-8/h8-9H,2-7,11H2,1H3,(H,12,13). The van der Waals surface area contributed by atoms with E-state index >= 15 is 0 Å². The van der Waals surface area contributed by atoms with Gasteiger partial charge >= 0.3 is 0 Å². The summed E-state index contributed by atoms with van der Waals surface area (Å²) in [4.78, 5) is 11.8. The quantitative estimate of drug-likeness (QED) is 0.697. The topological polar surface area (TPSA) is 89.3 Å². The van der Waals surface area contributed by atoms with Gasteiger partial charge in [0.25, 0.3) is 0 Å². The van der Waals surface area contributed by atoms with Crippen molar-refractivity contribution in [2.75, 3.05) is 18.1 Å². The maximum absolute atomic E-state index is 11.8. The summed E-state index contributed by atoms with van der Waals surface area (Å²) in [6, 6.07) is 0.0702. The van der Waals surface area contributed by atoms with Gasteiger partial charge < -0.3 is 11.1 Å². The molecule has 0 spiro atoms. The molecule has 0 saturated carbocycles. The predicted octanol–water partition coefficient (Wildman–Crippen LogP) is -0.335.